The number of imidazole rings is 1. The average molecular weight is 836 g/mol. The van der Waals surface area contributed by atoms with Crippen molar-refractivity contribution in [2.24, 2.45) is 0 Å². The van der Waals surface area contributed by atoms with Crippen molar-refractivity contribution in [3.63, 3.8) is 0 Å². The number of sulfonamides is 1. The minimum absolute atomic E-state index is 0.112. The van der Waals surface area contributed by atoms with Gasteiger partial charge in [-0.05, 0) is 80.5 Å². The summed E-state index contributed by atoms with van der Waals surface area (Å²) < 4.78 is 54.4. The lowest BCUT2D eigenvalue weighted by molar-refractivity contribution is 0.0881. The third kappa shape index (κ3) is 9.33. The monoisotopic (exact) mass is 835 g/mol. The summed E-state index contributed by atoms with van der Waals surface area (Å²) in [5.74, 6) is 2.39. The number of nitrogens with zero attached hydrogens (tertiary/aromatic N) is 6. The topological polar surface area (TPSA) is 154 Å². The van der Waals surface area contributed by atoms with Crippen LogP contribution in [0.5, 0.6) is 0 Å². The van der Waals surface area contributed by atoms with E-state index >= 15 is 0 Å². The van der Waals surface area contributed by atoms with Crippen LogP contribution in [0.2, 0.25) is 0 Å². The number of piperidine rings is 1. The number of carbonyl (C=O) groups excluding carboxylic acids is 1. The van der Waals surface area contributed by atoms with E-state index in [4.69, 9.17) is 28.7 Å². The van der Waals surface area contributed by atoms with Gasteiger partial charge in [-0.3, -0.25) is 0 Å². The highest BCUT2D eigenvalue weighted by molar-refractivity contribution is 7.93. The molecule has 6 aromatic rings. The first kappa shape index (κ1) is 42.4. The van der Waals surface area contributed by atoms with Gasteiger partial charge in [-0.1, -0.05) is 78.8 Å². The van der Waals surface area contributed by atoms with Crippen LogP contribution in [0.3, 0.4) is 0 Å². The number of hydrogen-bond donors (Lipinski definition) is 1. The second kappa shape index (κ2) is 19.1. The summed E-state index contributed by atoms with van der Waals surface area (Å²) in [6, 6.07) is 27.0. The molecular formula is C45H53N7O7S. The molecule has 0 unspecified atom stereocenters. The van der Waals surface area contributed by atoms with Gasteiger partial charge >= 0.3 is 6.09 Å². The maximum atomic E-state index is 14.4. The molecule has 0 spiro atoms. The Morgan fingerprint density at radius 3 is 2.40 bits per heavy atom. The number of likely N-dealkylation sites (tertiary alicyclic amines) is 1. The molecule has 1 fully saturated rings. The first-order valence-corrected chi connectivity index (χ1v) is 21.9. The lowest BCUT2D eigenvalue weighted by Crippen LogP contribution is -2.42. The van der Waals surface area contributed by atoms with E-state index in [0.717, 1.165) is 69.4 Å². The van der Waals surface area contributed by atoms with Gasteiger partial charge in [-0.15, -0.1) is 0 Å². The highest BCUT2D eigenvalue weighted by Gasteiger charge is 2.32. The van der Waals surface area contributed by atoms with Crippen LogP contribution < -0.4 is 9.62 Å². The standard InChI is InChI=1S/C45H53N7O7S/c1-6-13-42-48-43-39(20-21-41(47-43)46-36-22-24-50(25-23-36)45(53)58-28-33-14-9-8-10-15-33)51(42)27-34-18-19-37(35(26-34)29-57-7-2)38-16-11-12-17-40(38)60(54,55)52(30-56-5)44-31(3)32(4)59-49-44/h8-12,14-21,26,36H,6-7,13,22-25,27-30H2,1-5H3,(H,46,47). The zero-order valence-electron chi connectivity index (χ0n) is 34.9. The summed E-state index contributed by atoms with van der Waals surface area (Å²) in [5.41, 5.74) is 6.30. The van der Waals surface area contributed by atoms with Crippen molar-refractivity contribution >= 4 is 38.9 Å². The van der Waals surface area contributed by atoms with Gasteiger partial charge in [0.15, 0.2) is 11.5 Å². The molecular weight excluding hydrogens is 783 g/mol. The molecule has 1 amide bonds. The van der Waals surface area contributed by atoms with Gasteiger partial charge in [0.25, 0.3) is 10.0 Å². The second-order valence-corrected chi connectivity index (χ2v) is 16.8. The third-order valence-electron chi connectivity index (χ3n) is 10.8. The van der Waals surface area contributed by atoms with Crippen LogP contribution in [0.15, 0.2) is 94.3 Å². The van der Waals surface area contributed by atoms with E-state index in [0.29, 0.717) is 48.8 Å². The fourth-order valence-corrected chi connectivity index (χ4v) is 9.09. The Labute approximate surface area is 351 Å². The third-order valence-corrected chi connectivity index (χ3v) is 12.6. The number of pyridine rings is 1. The lowest BCUT2D eigenvalue weighted by Gasteiger charge is -2.32. The number of carbonyl (C=O) groups is 1. The van der Waals surface area contributed by atoms with E-state index in [1.165, 1.54) is 7.11 Å². The molecule has 3 aromatic carbocycles. The van der Waals surface area contributed by atoms with Crippen LogP contribution in [0.25, 0.3) is 22.3 Å². The summed E-state index contributed by atoms with van der Waals surface area (Å²) in [6.07, 6.45) is 2.95. The molecule has 4 heterocycles. The SMILES string of the molecule is CCCc1nc2nc(NC3CCN(C(=O)OCc4ccccc4)CC3)ccc2n1Cc1ccc(-c2ccccc2S(=O)(=O)N(COC)c2noc(C)c2C)c(COCC)c1. The Balaban J connectivity index is 1.10. The van der Waals surface area contributed by atoms with Crippen LogP contribution in [0.1, 0.15) is 66.9 Å². The maximum Gasteiger partial charge on any atom is 0.410 e. The molecule has 0 aliphatic carbocycles. The molecule has 15 heteroatoms. The maximum absolute atomic E-state index is 14.4. The number of benzene rings is 3. The zero-order chi connectivity index (χ0) is 42.2. The first-order valence-electron chi connectivity index (χ1n) is 20.4. The number of nitrogens with one attached hydrogen (secondary N) is 1. The normalized spacial score (nSPS) is 13.5. The van der Waals surface area contributed by atoms with E-state index in [9.17, 15) is 13.2 Å². The Kier molecular flexibility index (Phi) is 13.5. The van der Waals surface area contributed by atoms with Crippen LogP contribution in [0, 0.1) is 13.8 Å². The van der Waals surface area contributed by atoms with Crippen molar-refractivity contribution < 1.29 is 31.9 Å². The molecule has 0 radical (unpaired) electrons. The fourth-order valence-electron chi connectivity index (χ4n) is 7.51. The molecule has 1 aliphatic heterocycles. The molecule has 0 bridgehead atoms. The van der Waals surface area contributed by atoms with Crippen molar-refractivity contribution in [1.82, 2.24) is 24.6 Å². The van der Waals surface area contributed by atoms with Gasteiger partial charge in [0.2, 0.25) is 0 Å². The van der Waals surface area contributed by atoms with Gasteiger partial charge < -0.3 is 33.5 Å². The van der Waals surface area contributed by atoms with Gasteiger partial charge in [-0.2, -0.15) is 0 Å². The largest absolute Gasteiger partial charge is 0.445 e. The van der Waals surface area contributed by atoms with Crippen molar-refractivity contribution in [3.05, 3.63) is 119 Å². The van der Waals surface area contributed by atoms with Gasteiger partial charge in [0.05, 0.1) is 17.0 Å². The summed E-state index contributed by atoms with van der Waals surface area (Å²) in [7, 11) is -2.72. The van der Waals surface area contributed by atoms with Gasteiger partial charge in [-0.25, -0.2) is 27.5 Å². The van der Waals surface area contributed by atoms with E-state index in [2.05, 4.69) is 34.1 Å². The number of aromatic nitrogens is 4. The van der Waals surface area contributed by atoms with Crippen molar-refractivity contribution in [3.8, 4) is 11.1 Å². The molecule has 3 aromatic heterocycles. The summed E-state index contributed by atoms with van der Waals surface area (Å²) in [6.45, 7) is 10.1. The number of ether oxygens (including phenoxy) is 3. The molecule has 316 valence electrons. The molecule has 14 nitrogen and oxygen atoms in total. The van der Waals surface area contributed by atoms with Crippen LogP contribution in [-0.2, 0) is 50.4 Å². The van der Waals surface area contributed by atoms with Gasteiger partial charge in [0, 0.05) is 56.9 Å². The van der Waals surface area contributed by atoms with E-state index in [-0.39, 0.29) is 42.8 Å². The summed E-state index contributed by atoms with van der Waals surface area (Å²) >= 11 is 0. The molecule has 0 atom stereocenters. The predicted octanol–water partition coefficient (Wildman–Crippen LogP) is 8.25. The molecule has 0 saturated carbocycles. The summed E-state index contributed by atoms with van der Waals surface area (Å²) in [5, 5.41) is 7.65. The van der Waals surface area contributed by atoms with Crippen molar-refractivity contribution in [1.29, 1.82) is 0 Å². The minimum Gasteiger partial charge on any atom is -0.445 e. The number of hydrogen-bond acceptors (Lipinski definition) is 11. The first-order chi connectivity index (χ1) is 29.1. The Morgan fingerprint density at radius 1 is 0.917 bits per heavy atom. The Bertz CT molecular complexity index is 2510. The van der Waals surface area contributed by atoms with E-state index in [1.807, 2.05) is 67.6 Å². The van der Waals surface area contributed by atoms with Crippen LogP contribution in [-0.4, -0.2) is 78.7 Å². The quantitative estimate of drug-likeness (QED) is 0.0884. The molecule has 7 rings (SSSR count). The second-order valence-electron chi connectivity index (χ2n) is 14.9. The average Bonchev–Trinajstić information content (AvgIpc) is 3.78. The fraction of sp³-hybridized carbons (Fsp3) is 0.378. The number of rotatable bonds is 17. The number of fused-ring (bicyclic) bond motifs is 1. The molecule has 60 heavy (non-hydrogen) atoms. The number of methoxy groups -OCH3 is 1. The minimum atomic E-state index is -4.16. The van der Waals surface area contributed by atoms with Crippen molar-refractivity contribution in [2.45, 2.75) is 84.1 Å². The molecule has 1 aliphatic rings. The number of aryl methyl sites for hydroxylation is 2. The molecule has 1 N–H and O–H groups in total. The van der Waals surface area contributed by atoms with E-state index in [1.54, 1.807) is 30.9 Å². The highest BCUT2D eigenvalue weighted by atomic mass is 32.2. The lowest BCUT2D eigenvalue weighted by atomic mass is 9.97. The predicted molar refractivity (Wildman–Crippen MR) is 230 cm³/mol. The Hall–Kier alpha value is -5.77. The number of amides is 1. The van der Waals surface area contributed by atoms with Crippen LogP contribution >= 0.6 is 0 Å². The smallest absolute Gasteiger partial charge is 0.410 e. The van der Waals surface area contributed by atoms with E-state index < -0.39 is 10.0 Å². The molecule has 1 saturated heterocycles. The highest BCUT2D eigenvalue weighted by Crippen LogP contribution is 2.36. The number of anilines is 2. The summed E-state index contributed by atoms with van der Waals surface area (Å²) in [4.78, 5) is 24.5. The Morgan fingerprint density at radius 2 is 1.68 bits per heavy atom. The van der Waals surface area contributed by atoms with Crippen molar-refractivity contribution in [2.75, 3.05) is 43.2 Å². The van der Waals surface area contributed by atoms with Crippen LogP contribution in [0.4, 0.5) is 16.4 Å². The zero-order valence-corrected chi connectivity index (χ0v) is 35.7. The van der Waals surface area contributed by atoms with Gasteiger partial charge in [0.1, 0.15) is 30.7 Å².